The van der Waals surface area contributed by atoms with Gasteiger partial charge in [-0.3, -0.25) is 14.5 Å². The summed E-state index contributed by atoms with van der Waals surface area (Å²) >= 11 is 0. The van der Waals surface area contributed by atoms with Crippen LogP contribution in [-0.2, 0) is 19.4 Å². The van der Waals surface area contributed by atoms with Crippen molar-refractivity contribution in [2.45, 2.75) is 25.8 Å². The molecule has 51 heavy (non-hydrogen) atoms. The third-order valence-electron chi connectivity index (χ3n) is 10.4. The topological polar surface area (TPSA) is 78.7 Å². The maximum Gasteiger partial charge on any atom is 0.254 e. The highest BCUT2D eigenvalue weighted by atomic mass is 16.2. The van der Waals surface area contributed by atoms with Crippen LogP contribution in [0.4, 0.5) is 0 Å². The number of benzene rings is 4. The van der Waals surface area contributed by atoms with Crippen LogP contribution in [0.2, 0.25) is 0 Å². The minimum atomic E-state index is -0.111. The Labute approximate surface area is 300 Å². The lowest BCUT2D eigenvalue weighted by Crippen LogP contribution is -2.46. The first-order chi connectivity index (χ1) is 25.0. The first kappa shape index (κ1) is 34.3. The zero-order valence-electron chi connectivity index (χ0n) is 29.6. The number of aromatic nitrogens is 2. The second kappa shape index (κ2) is 16.2. The van der Waals surface area contributed by atoms with Gasteiger partial charge in [0.2, 0.25) is 0 Å². The van der Waals surface area contributed by atoms with Crippen molar-refractivity contribution in [1.29, 1.82) is 0 Å². The molecule has 3 heterocycles. The normalized spacial score (nSPS) is 13.9. The molecule has 0 aliphatic carbocycles. The molecule has 0 atom stereocenters. The first-order valence-corrected chi connectivity index (χ1v) is 18.3. The first-order valence-electron chi connectivity index (χ1n) is 18.3. The number of carbonyl (C=O) groups is 2. The molecular weight excluding hydrogens is 633 g/mol. The van der Waals surface area contributed by atoms with Gasteiger partial charge in [-0.1, -0.05) is 78.9 Å². The van der Waals surface area contributed by atoms with Gasteiger partial charge in [-0.15, -0.1) is 0 Å². The number of fused-ring (bicyclic) bond motifs is 2. The number of amides is 2. The lowest BCUT2D eigenvalue weighted by molar-refractivity contribution is 0.0729. The van der Waals surface area contributed by atoms with E-state index >= 15 is 0 Å². The van der Waals surface area contributed by atoms with Crippen LogP contribution < -0.4 is 0 Å². The van der Waals surface area contributed by atoms with Gasteiger partial charge in [0, 0.05) is 93.6 Å². The van der Waals surface area contributed by atoms with E-state index in [9.17, 15) is 9.59 Å². The summed E-state index contributed by atoms with van der Waals surface area (Å²) < 4.78 is 0. The van der Waals surface area contributed by atoms with Crippen LogP contribution in [0.5, 0.6) is 0 Å². The van der Waals surface area contributed by atoms with E-state index in [4.69, 9.17) is 0 Å². The Morgan fingerprint density at radius 3 is 1.73 bits per heavy atom. The van der Waals surface area contributed by atoms with Crippen molar-refractivity contribution in [3.63, 3.8) is 0 Å². The number of piperazine rings is 1. The summed E-state index contributed by atoms with van der Waals surface area (Å²) in [5.41, 5.74) is 6.82. The van der Waals surface area contributed by atoms with E-state index in [1.807, 2.05) is 66.8 Å². The molecule has 2 amide bonds. The van der Waals surface area contributed by atoms with Gasteiger partial charge in [0.05, 0.1) is 11.1 Å². The van der Waals surface area contributed by atoms with E-state index < -0.39 is 0 Å². The van der Waals surface area contributed by atoms with E-state index in [-0.39, 0.29) is 11.8 Å². The van der Waals surface area contributed by atoms with E-state index in [1.165, 1.54) is 27.5 Å². The number of hydrogen-bond acceptors (Lipinski definition) is 4. The summed E-state index contributed by atoms with van der Waals surface area (Å²) in [7, 11) is 1.85. The summed E-state index contributed by atoms with van der Waals surface area (Å²) in [5, 5.41) is 2.35. The molecule has 8 nitrogen and oxygen atoms in total. The Morgan fingerprint density at radius 2 is 1.12 bits per heavy atom. The highest BCUT2D eigenvalue weighted by Crippen LogP contribution is 2.22. The van der Waals surface area contributed by atoms with Gasteiger partial charge >= 0.3 is 0 Å². The lowest BCUT2D eigenvalue weighted by atomic mass is 10.0. The number of para-hydroxylation sites is 2. The van der Waals surface area contributed by atoms with Gasteiger partial charge in [0.15, 0.2) is 0 Å². The second-order valence-electron chi connectivity index (χ2n) is 13.7. The average molecular weight is 681 g/mol. The molecule has 0 spiro atoms. The van der Waals surface area contributed by atoms with Crippen LogP contribution in [0.3, 0.4) is 0 Å². The monoisotopic (exact) mass is 680 g/mol. The number of H-pyrrole nitrogens is 2. The molecule has 1 aliphatic rings. The zero-order chi connectivity index (χ0) is 35.0. The number of hydrogen-bond donors (Lipinski definition) is 2. The van der Waals surface area contributed by atoms with Crippen LogP contribution in [0.15, 0.2) is 116 Å². The number of rotatable bonds is 14. The molecule has 0 unspecified atom stereocenters. The van der Waals surface area contributed by atoms with Crippen molar-refractivity contribution < 1.29 is 9.59 Å². The fraction of sp³-hybridized carbons (Fsp3) is 0.302. The maximum absolute atomic E-state index is 14.4. The molecule has 1 aliphatic heterocycles. The van der Waals surface area contributed by atoms with Crippen LogP contribution in [0.1, 0.15) is 43.8 Å². The molecule has 2 N–H and O–H groups in total. The van der Waals surface area contributed by atoms with Crippen molar-refractivity contribution in [2.75, 3.05) is 59.4 Å². The Balaban J connectivity index is 0.993. The second-order valence-corrected chi connectivity index (χ2v) is 13.7. The number of nitrogens with zero attached hydrogens (tertiary/aromatic N) is 4. The SMILES string of the molecule is CN(CCCN1CCN(Cc2ccccc2)CC1)C(=O)c1ccccc1C(=O)N(CCc1c[nH]c2ccccc12)CCc1c[nH]c2ccccc12. The number of carbonyl (C=O) groups excluding carboxylic acids is 2. The fourth-order valence-electron chi connectivity index (χ4n) is 7.38. The third kappa shape index (κ3) is 8.25. The Hall–Kier alpha value is -5.18. The van der Waals surface area contributed by atoms with Crippen molar-refractivity contribution >= 4 is 33.6 Å². The van der Waals surface area contributed by atoms with E-state index in [1.54, 1.807) is 11.0 Å². The van der Waals surface area contributed by atoms with Gasteiger partial charge in [-0.25, -0.2) is 0 Å². The molecule has 6 aromatic rings. The molecule has 0 radical (unpaired) electrons. The van der Waals surface area contributed by atoms with Crippen LogP contribution in [0.25, 0.3) is 21.8 Å². The van der Waals surface area contributed by atoms with Crippen molar-refractivity contribution in [3.05, 3.63) is 143 Å². The van der Waals surface area contributed by atoms with Gasteiger partial charge in [-0.2, -0.15) is 0 Å². The predicted molar refractivity (Wildman–Crippen MR) is 206 cm³/mol. The highest BCUT2D eigenvalue weighted by molar-refractivity contribution is 6.07. The van der Waals surface area contributed by atoms with Crippen LogP contribution >= 0.6 is 0 Å². The molecule has 8 heteroatoms. The minimum absolute atomic E-state index is 0.111. The molecular formula is C43H48N6O2. The molecule has 1 fully saturated rings. The summed E-state index contributed by atoms with van der Waals surface area (Å²) in [6.45, 7) is 7.84. The van der Waals surface area contributed by atoms with E-state index in [2.05, 4.69) is 74.4 Å². The van der Waals surface area contributed by atoms with Gasteiger partial charge in [0.1, 0.15) is 0 Å². The smallest absolute Gasteiger partial charge is 0.254 e. The summed E-state index contributed by atoms with van der Waals surface area (Å²) in [6, 6.07) is 34.5. The van der Waals surface area contributed by atoms with Crippen molar-refractivity contribution in [1.82, 2.24) is 29.6 Å². The molecule has 4 aromatic carbocycles. The number of aromatic amines is 2. The zero-order valence-corrected chi connectivity index (χ0v) is 29.6. The van der Waals surface area contributed by atoms with Crippen LogP contribution in [0, 0.1) is 0 Å². The molecule has 0 saturated carbocycles. The molecule has 0 bridgehead atoms. The Morgan fingerprint density at radius 1 is 0.608 bits per heavy atom. The third-order valence-corrected chi connectivity index (χ3v) is 10.4. The van der Waals surface area contributed by atoms with Gasteiger partial charge in [-0.05, 0) is 66.8 Å². The Bertz CT molecular complexity index is 1980. The van der Waals surface area contributed by atoms with E-state index in [0.29, 0.717) is 43.6 Å². The van der Waals surface area contributed by atoms with Crippen molar-refractivity contribution in [2.24, 2.45) is 0 Å². The summed E-state index contributed by atoms with van der Waals surface area (Å²) in [6.07, 6.45) is 6.40. The Kier molecular flexibility index (Phi) is 10.9. The molecule has 2 aromatic heterocycles. The lowest BCUT2D eigenvalue weighted by Gasteiger charge is -2.35. The summed E-state index contributed by atoms with van der Waals surface area (Å²) in [4.78, 5) is 43.8. The largest absolute Gasteiger partial charge is 0.361 e. The maximum atomic E-state index is 14.4. The summed E-state index contributed by atoms with van der Waals surface area (Å²) in [5.74, 6) is -0.222. The standard InChI is InChI=1S/C43H48N6O2/c1-46(22-11-23-47-26-28-48(29-27-47)32-33-12-3-2-4-13-33)42(50)38-16-5-6-17-39(38)43(51)49(24-20-34-30-44-40-18-9-7-14-36(34)40)25-21-35-31-45-41-19-10-8-15-37(35)41/h2-10,12-19,30-31,44-45H,11,20-29,32H2,1H3. The molecule has 262 valence electrons. The minimum Gasteiger partial charge on any atom is -0.361 e. The van der Waals surface area contributed by atoms with Gasteiger partial charge in [0.25, 0.3) is 11.8 Å². The predicted octanol–water partition coefficient (Wildman–Crippen LogP) is 6.86. The fourth-order valence-corrected chi connectivity index (χ4v) is 7.38. The van der Waals surface area contributed by atoms with Crippen molar-refractivity contribution in [3.8, 4) is 0 Å². The van der Waals surface area contributed by atoms with Crippen LogP contribution in [-0.4, -0.2) is 101 Å². The quantitative estimate of drug-likeness (QED) is 0.132. The highest BCUT2D eigenvalue weighted by Gasteiger charge is 2.25. The number of nitrogens with one attached hydrogen (secondary N) is 2. The average Bonchev–Trinajstić information content (AvgIpc) is 3.79. The van der Waals surface area contributed by atoms with Gasteiger partial charge < -0.3 is 24.7 Å². The molecule has 1 saturated heterocycles. The molecule has 7 rings (SSSR count). The van der Waals surface area contributed by atoms with E-state index in [0.717, 1.165) is 56.7 Å².